The molecule has 0 unspecified atom stereocenters. The van der Waals surface area contributed by atoms with Gasteiger partial charge in [-0.25, -0.2) is 4.98 Å². The maximum Gasteiger partial charge on any atom is 0.306 e. The highest BCUT2D eigenvalue weighted by Gasteiger charge is 2.42. The zero-order valence-electron chi connectivity index (χ0n) is 12.3. The largest absolute Gasteiger partial charge is 0.451 e. The Morgan fingerprint density at radius 1 is 1.48 bits per heavy atom. The number of carbonyl (C=O) groups excluding carboxylic acids is 2. The molecule has 0 spiro atoms. The molecule has 23 heavy (non-hydrogen) atoms. The molecule has 120 valence electrons. The van der Waals surface area contributed by atoms with Crippen LogP contribution in [0.5, 0.6) is 0 Å². The number of nitrogens with one attached hydrogen (secondary N) is 1. The van der Waals surface area contributed by atoms with Crippen LogP contribution in [0.25, 0.3) is 11.4 Å². The van der Waals surface area contributed by atoms with Gasteiger partial charge in [0.15, 0.2) is 17.2 Å². The number of cyclic esters (lactones) is 1. The second-order valence-corrected chi connectivity index (χ2v) is 6.71. The number of hydrogen-bond acceptors (Lipinski definition) is 6. The number of ketones is 1. The van der Waals surface area contributed by atoms with Gasteiger partial charge in [0.2, 0.25) is 5.16 Å². The fourth-order valence-corrected chi connectivity index (χ4v) is 3.31. The SMILES string of the molecule is C[C@]1(C(=O)CSc2n[nH]c(-c3ccccc3Cl)n2)CCC(=O)O1. The minimum absolute atomic E-state index is 0.141. The Morgan fingerprint density at radius 2 is 2.26 bits per heavy atom. The number of benzene rings is 1. The van der Waals surface area contributed by atoms with Gasteiger partial charge in [0.25, 0.3) is 0 Å². The molecule has 1 aromatic heterocycles. The molecule has 1 fully saturated rings. The molecule has 1 atom stereocenters. The molecule has 2 heterocycles. The third-order valence-electron chi connectivity index (χ3n) is 3.66. The summed E-state index contributed by atoms with van der Waals surface area (Å²) in [4.78, 5) is 27.8. The maximum atomic E-state index is 12.2. The first-order chi connectivity index (χ1) is 11.0. The van der Waals surface area contributed by atoms with Crippen LogP contribution in [0.4, 0.5) is 0 Å². The van der Waals surface area contributed by atoms with Crippen molar-refractivity contribution in [1.29, 1.82) is 0 Å². The number of aromatic amines is 1. The van der Waals surface area contributed by atoms with Crippen molar-refractivity contribution < 1.29 is 14.3 Å². The van der Waals surface area contributed by atoms with E-state index in [1.165, 1.54) is 11.8 Å². The van der Waals surface area contributed by atoms with Gasteiger partial charge in [0.05, 0.1) is 10.8 Å². The Kier molecular flexibility index (Phi) is 4.41. The molecule has 1 N–H and O–H groups in total. The summed E-state index contributed by atoms with van der Waals surface area (Å²) in [6, 6.07) is 7.29. The van der Waals surface area contributed by atoms with Gasteiger partial charge in [-0.3, -0.25) is 14.7 Å². The standard InChI is InChI=1S/C15H14ClN3O3S/c1-15(7-6-12(21)22-15)11(20)8-23-14-17-13(18-19-14)9-4-2-3-5-10(9)16/h2-5H,6-8H2,1H3,(H,17,18,19)/t15-/m1/s1. The van der Waals surface area contributed by atoms with Crippen LogP contribution in [0.15, 0.2) is 29.4 Å². The number of H-pyrrole nitrogens is 1. The first-order valence-electron chi connectivity index (χ1n) is 7.03. The Morgan fingerprint density at radius 3 is 2.96 bits per heavy atom. The molecule has 2 aromatic rings. The van der Waals surface area contributed by atoms with Gasteiger partial charge in [-0.15, -0.1) is 5.10 Å². The number of aromatic nitrogens is 3. The first kappa shape index (κ1) is 16.0. The summed E-state index contributed by atoms with van der Waals surface area (Å²) < 4.78 is 5.12. The summed E-state index contributed by atoms with van der Waals surface area (Å²) >= 11 is 7.32. The van der Waals surface area contributed by atoms with Crippen LogP contribution in [-0.2, 0) is 14.3 Å². The van der Waals surface area contributed by atoms with E-state index in [1.807, 2.05) is 18.2 Å². The van der Waals surface area contributed by atoms with E-state index in [-0.39, 0.29) is 23.9 Å². The predicted molar refractivity (Wildman–Crippen MR) is 86.3 cm³/mol. The van der Waals surface area contributed by atoms with Crippen molar-refractivity contribution in [3.05, 3.63) is 29.3 Å². The number of halogens is 1. The number of esters is 1. The van der Waals surface area contributed by atoms with Crippen LogP contribution in [0.1, 0.15) is 19.8 Å². The van der Waals surface area contributed by atoms with E-state index in [4.69, 9.17) is 16.3 Å². The van der Waals surface area contributed by atoms with Crippen LogP contribution in [0.2, 0.25) is 5.02 Å². The summed E-state index contributed by atoms with van der Waals surface area (Å²) in [5, 5.41) is 7.90. The zero-order chi connectivity index (χ0) is 16.4. The molecule has 0 bridgehead atoms. The van der Waals surface area contributed by atoms with Crippen molar-refractivity contribution in [3.8, 4) is 11.4 Å². The molecule has 6 nitrogen and oxygen atoms in total. The van der Waals surface area contributed by atoms with Crippen LogP contribution in [0.3, 0.4) is 0 Å². The molecular weight excluding hydrogens is 338 g/mol. The van der Waals surface area contributed by atoms with E-state index >= 15 is 0 Å². The van der Waals surface area contributed by atoms with Crippen LogP contribution in [0, 0.1) is 0 Å². The van der Waals surface area contributed by atoms with E-state index < -0.39 is 5.60 Å². The Labute approximate surface area is 142 Å². The fourth-order valence-electron chi connectivity index (χ4n) is 2.26. The molecule has 0 aliphatic carbocycles. The van der Waals surface area contributed by atoms with Crippen LogP contribution >= 0.6 is 23.4 Å². The monoisotopic (exact) mass is 351 g/mol. The quantitative estimate of drug-likeness (QED) is 0.658. The minimum Gasteiger partial charge on any atom is -0.451 e. The third kappa shape index (κ3) is 3.40. The molecule has 0 amide bonds. The normalized spacial score (nSPS) is 20.5. The van der Waals surface area contributed by atoms with Gasteiger partial charge < -0.3 is 4.74 Å². The third-order valence-corrected chi connectivity index (χ3v) is 4.84. The molecule has 1 aliphatic heterocycles. The number of hydrogen-bond donors (Lipinski definition) is 1. The molecule has 0 radical (unpaired) electrons. The lowest BCUT2D eigenvalue weighted by molar-refractivity contribution is -0.154. The van der Waals surface area contributed by atoms with Gasteiger partial charge in [0, 0.05) is 18.4 Å². The van der Waals surface area contributed by atoms with E-state index in [0.717, 1.165) is 5.56 Å². The second-order valence-electron chi connectivity index (χ2n) is 5.36. The number of carbonyl (C=O) groups is 2. The average Bonchev–Trinajstić information content (AvgIpc) is 3.13. The molecule has 0 saturated carbocycles. The van der Waals surface area contributed by atoms with Crippen LogP contribution in [-0.4, -0.2) is 38.3 Å². The maximum absolute atomic E-state index is 12.2. The summed E-state index contributed by atoms with van der Waals surface area (Å²) in [7, 11) is 0. The van der Waals surface area contributed by atoms with Crippen molar-refractivity contribution in [2.24, 2.45) is 0 Å². The molecular formula is C15H14ClN3O3S. The van der Waals surface area contributed by atoms with Gasteiger partial charge in [-0.1, -0.05) is 35.5 Å². The number of Topliss-reactive ketones (excluding diaryl/α,β-unsaturated/α-hetero) is 1. The smallest absolute Gasteiger partial charge is 0.306 e. The summed E-state index contributed by atoms with van der Waals surface area (Å²) in [5.74, 6) is 0.218. The van der Waals surface area contributed by atoms with Crippen molar-refractivity contribution in [1.82, 2.24) is 15.2 Å². The highest BCUT2D eigenvalue weighted by Crippen LogP contribution is 2.30. The molecule has 3 rings (SSSR count). The van der Waals surface area contributed by atoms with Crippen molar-refractivity contribution >= 4 is 35.1 Å². The lowest BCUT2D eigenvalue weighted by Crippen LogP contribution is -2.36. The highest BCUT2D eigenvalue weighted by atomic mass is 35.5. The van der Waals surface area contributed by atoms with E-state index in [9.17, 15) is 9.59 Å². The lowest BCUT2D eigenvalue weighted by Gasteiger charge is -2.19. The first-order valence-corrected chi connectivity index (χ1v) is 8.39. The van der Waals surface area contributed by atoms with Crippen molar-refractivity contribution in [2.45, 2.75) is 30.5 Å². The van der Waals surface area contributed by atoms with Gasteiger partial charge in [-0.05, 0) is 19.1 Å². The Balaban J connectivity index is 1.65. The number of nitrogens with zero attached hydrogens (tertiary/aromatic N) is 2. The molecule has 1 aromatic carbocycles. The number of ether oxygens (including phenoxy) is 1. The van der Waals surface area contributed by atoms with Gasteiger partial charge in [-0.2, -0.15) is 0 Å². The topological polar surface area (TPSA) is 84.9 Å². The number of rotatable bonds is 5. The van der Waals surface area contributed by atoms with Crippen molar-refractivity contribution in [3.63, 3.8) is 0 Å². The van der Waals surface area contributed by atoms with E-state index in [1.54, 1.807) is 13.0 Å². The van der Waals surface area contributed by atoms with Gasteiger partial charge >= 0.3 is 5.97 Å². The minimum atomic E-state index is -1.02. The van der Waals surface area contributed by atoms with E-state index in [2.05, 4.69) is 15.2 Å². The Bertz CT molecular complexity index is 764. The predicted octanol–water partition coefficient (Wildman–Crippen LogP) is 2.88. The average molecular weight is 352 g/mol. The molecule has 1 saturated heterocycles. The molecule has 1 aliphatic rings. The summed E-state index contributed by atoms with van der Waals surface area (Å²) in [6.45, 7) is 1.65. The van der Waals surface area contributed by atoms with Crippen LogP contribution < -0.4 is 0 Å². The highest BCUT2D eigenvalue weighted by molar-refractivity contribution is 7.99. The summed E-state index contributed by atoms with van der Waals surface area (Å²) in [6.07, 6.45) is 0.703. The lowest BCUT2D eigenvalue weighted by atomic mass is 9.98. The Hall–Kier alpha value is -1.86. The van der Waals surface area contributed by atoms with Gasteiger partial charge in [0.1, 0.15) is 0 Å². The fraction of sp³-hybridized carbons (Fsp3) is 0.333. The van der Waals surface area contributed by atoms with Crippen molar-refractivity contribution in [2.75, 3.05) is 5.75 Å². The van der Waals surface area contributed by atoms with E-state index in [0.29, 0.717) is 22.4 Å². The number of thioether (sulfide) groups is 1. The molecule has 8 heteroatoms. The summed E-state index contributed by atoms with van der Waals surface area (Å²) in [5.41, 5.74) is -0.275. The second kappa shape index (κ2) is 6.33. The zero-order valence-corrected chi connectivity index (χ0v) is 13.9.